The minimum absolute atomic E-state index is 0.181. The Morgan fingerprint density at radius 3 is 2.24 bits per heavy atom. The van der Waals surface area contributed by atoms with Crippen molar-refractivity contribution in [2.24, 2.45) is 5.92 Å². The van der Waals surface area contributed by atoms with Crippen molar-refractivity contribution >= 4 is 36.0 Å². The number of rotatable bonds is 15. The Morgan fingerprint density at radius 1 is 0.939 bits per heavy atom. The van der Waals surface area contributed by atoms with Crippen LogP contribution in [0.2, 0.25) is 0 Å². The topological polar surface area (TPSA) is 69.7 Å². The molecular weight excluding hydrogens is 483 g/mol. The number of benzene rings is 1. The first kappa shape index (κ1) is 26.8. The second kappa shape index (κ2) is 14.7. The number of carbonyl (C=O) groups excluding carboxylic acids is 3. The zero-order chi connectivity index (χ0) is 24.1. The summed E-state index contributed by atoms with van der Waals surface area (Å²) in [4.78, 5) is 36.0. The molecule has 1 aliphatic rings. The van der Waals surface area contributed by atoms with Crippen molar-refractivity contribution in [3.63, 3.8) is 0 Å². The van der Waals surface area contributed by atoms with Gasteiger partial charge >= 0.3 is 175 Å². The third-order valence-corrected chi connectivity index (χ3v) is 7.47. The fraction of sp³-hybridized carbons (Fsp3) is 0.444. The normalized spacial score (nSPS) is 14.0. The van der Waals surface area contributed by atoms with Gasteiger partial charge in [-0.2, -0.15) is 0 Å². The van der Waals surface area contributed by atoms with E-state index in [2.05, 4.69) is 12.7 Å². The van der Waals surface area contributed by atoms with Gasteiger partial charge in [0.05, 0.1) is 7.11 Å². The Hall–Kier alpha value is -2.43. The van der Waals surface area contributed by atoms with Gasteiger partial charge in [-0.05, 0) is 0 Å². The Kier molecular flexibility index (Phi) is 11.9. The van der Waals surface area contributed by atoms with Crippen LogP contribution < -0.4 is 4.46 Å². The van der Waals surface area contributed by atoms with E-state index in [1.54, 1.807) is 0 Å². The van der Waals surface area contributed by atoms with Crippen molar-refractivity contribution in [3.05, 3.63) is 65.8 Å². The van der Waals surface area contributed by atoms with Crippen molar-refractivity contribution < 1.29 is 23.9 Å². The van der Waals surface area contributed by atoms with Crippen molar-refractivity contribution in [3.8, 4) is 0 Å². The summed E-state index contributed by atoms with van der Waals surface area (Å²) < 4.78 is 11.0. The SMILES string of the molecule is C=C(CC/C=C(\CC/C=C(/CCCC(=O)[Se]c1ccccc1)C(=O)OC)C1CC1)C(=O)OC. The van der Waals surface area contributed by atoms with Gasteiger partial charge in [0.2, 0.25) is 0 Å². The summed E-state index contributed by atoms with van der Waals surface area (Å²) in [6, 6.07) is 9.80. The van der Waals surface area contributed by atoms with Crippen LogP contribution >= 0.6 is 0 Å². The first-order chi connectivity index (χ1) is 15.9. The zero-order valence-electron chi connectivity index (χ0n) is 19.6. The monoisotopic (exact) mass is 518 g/mol. The molecule has 1 fully saturated rings. The minimum atomic E-state index is -0.356. The third-order valence-electron chi connectivity index (χ3n) is 5.50. The summed E-state index contributed by atoms with van der Waals surface area (Å²) in [5, 5.41) is 0. The Bertz CT molecular complexity index is 881. The molecule has 0 bridgehead atoms. The first-order valence-corrected chi connectivity index (χ1v) is 13.1. The van der Waals surface area contributed by atoms with Gasteiger partial charge in [-0.15, -0.1) is 0 Å². The second-order valence-corrected chi connectivity index (χ2v) is 10.5. The van der Waals surface area contributed by atoms with Crippen LogP contribution in [-0.4, -0.2) is 45.8 Å². The Balaban J connectivity index is 1.83. The van der Waals surface area contributed by atoms with E-state index in [1.165, 1.54) is 32.6 Å². The number of carbonyl (C=O) groups is 3. The van der Waals surface area contributed by atoms with E-state index in [4.69, 9.17) is 9.47 Å². The van der Waals surface area contributed by atoms with Gasteiger partial charge in [-0.1, -0.05) is 6.58 Å². The molecule has 1 aromatic rings. The molecule has 0 N–H and O–H groups in total. The Morgan fingerprint density at radius 2 is 1.61 bits per heavy atom. The molecule has 1 saturated carbocycles. The Labute approximate surface area is 203 Å². The predicted octanol–water partition coefficient (Wildman–Crippen LogP) is 4.44. The van der Waals surface area contributed by atoms with E-state index in [0.29, 0.717) is 42.7 Å². The third kappa shape index (κ3) is 10.4. The maximum atomic E-state index is 12.3. The van der Waals surface area contributed by atoms with E-state index in [1.807, 2.05) is 36.4 Å². The fourth-order valence-electron chi connectivity index (χ4n) is 3.53. The standard InChI is InChI=1S/C27H34O5Se/c1-20(26(29)31-2)10-7-11-21(22-18-19-22)12-8-13-23(27(30)32-3)14-9-17-25(28)33-24-15-5-4-6-16-24/h4-6,11,13,15-16,22H,1,7-10,12,14,17-19H2,2-3H3/b21-11+,23-13-. The molecular formula is C27H34O5Se. The summed E-state index contributed by atoms with van der Waals surface area (Å²) in [6.45, 7) is 3.77. The van der Waals surface area contributed by atoms with Gasteiger partial charge in [0.1, 0.15) is 0 Å². The molecule has 0 amide bonds. The molecule has 0 unspecified atom stereocenters. The quantitative estimate of drug-likeness (QED) is 0.149. The van der Waals surface area contributed by atoms with Gasteiger partial charge in [0.15, 0.2) is 0 Å². The summed E-state index contributed by atoms with van der Waals surface area (Å²) in [6.07, 6.45) is 11.2. The summed E-state index contributed by atoms with van der Waals surface area (Å²) in [7, 11) is 2.76. The number of hydrogen-bond donors (Lipinski definition) is 0. The van der Waals surface area contributed by atoms with Gasteiger partial charge in [0.25, 0.3) is 0 Å². The number of esters is 2. The molecule has 0 spiro atoms. The van der Waals surface area contributed by atoms with Crippen LogP contribution in [-0.2, 0) is 23.9 Å². The maximum absolute atomic E-state index is 12.3. The summed E-state index contributed by atoms with van der Waals surface area (Å²) >= 11 is -0.181. The summed E-state index contributed by atoms with van der Waals surface area (Å²) in [5.74, 6) is -0.0583. The van der Waals surface area contributed by atoms with Gasteiger partial charge in [0, 0.05) is 5.57 Å². The van der Waals surface area contributed by atoms with Crippen molar-refractivity contribution in [2.75, 3.05) is 14.2 Å². The fourth-order valence-corrected chi connectivity index (χ4v) is 5.21. The predicted molar refractivity (Wildman–Crippen MR) is 131 cm³/mol. The minimum Gasteiger partial charge on any atom is -0.466 e. The van der Waals surface area contributed by atoms with Crippen LogP contribution in [0.15, 0.2) is 65.8 Å². The molecule has 0 saturated heterocycles. The molecule has 1 aliphatic carbocycles. The second-order valence-electron chi connectivity index (χ2n) is 8.09. The number of hydrogen-bond acceptors (Lipinski definition) is 5. The largest absolute Gasteiger partial charge is 0.466 e. The molecule has 0 aromatic heterocycles. The molecule has 1 aromatic carbocycles. The molecule has 0 atom stereocenters. The van der Waals surface area contributed by atoms with Crippen LogP contribution in [0.1, 0.15) is 57.8 Å². The average Bonchev–Trinajstić information content (AvgIpc) is 3.66. The van der Waals surface area contributed by atoms with Crippen LogP contribution in [0.5, 0.6) is 0 Å². The van der Waals surface area contributed by atoms with E-state index >= 15 is 0 Å². The molecule has 178 valence electrons. The van der Waals surface area contributed by atoms with E-state index in [9.17, 15) is 14.4 Å². The van der Waals surface area contributed by atoms with E-state index in [0.717, 1.165) is 23.7 Å². The van der Waals surface area contributed by atoms with Gasteiger partial charge < -0.3 is 4.74 Å². The van der Waals surface area contributed by atoms with Crippen molar-refractivity contribution in [2.45, 2.75) is 57.8 Å². The summed E-state index contributed by atoms with van der Waals surface area (Å²) in [5.41, 5.74) is 2.51. The van der Waals surface area contributed by atoms with Crippen molar-refractivity contribution in [1.82, 2.24) is 0 Å². The van der Waals surface area contributed by atoms with Gasteiger partial charge in [-0.25, -0.2) is 4.79 Å². The van der Waals surface area contributed by atoms with Crippen LogP contribution in [0, 0.1) is 5.92 Å². The number of ether oxygens (including phenoxy) is 2. The molecule has 0 aliphatic heterocycles. The van der Waals surface area contributed by atoms with Crippen LogP contribution in [0.4, 0.5) is 0 Å². The molecule has 2 rings (SSSR count). The van der Waals surface area contributed by atoms with Gasteiger partial charge in [-0.3, -0.25) is 0 Å². The van der Waals surface area contributed by atoms with Crippen molar-refractivity contribution in [1.29, 1.82) is 0 Å². The molecule has 0 radical (unpaired) electrons. The average molecular weight is 518 g/mol. The van der Waals surface area contributed by atoms with E-state index in [-0.39, 0.29) is 31.6 Å². The molecule has 33 heavy (non-hydrogen) atoms. The van der Waals surface area contributed by atoms with Crippen LogP contribution in [0.25, 0.3) is 0 Å². The zero-order valence-corrected chi connectivity index (χ0v) is 21.4. The number of allylic oxidation sites excluding steroid dienone is 3. The van der Waals surface area contributed by atoms with Crippen LogP contribution in [0.3, 0.4) is 0 Å². The molecule has 6 heteroatoms. The maximum Gasteiger partial charge on any atom is 0.333 e. The van der Waals surface area contributed by atoms with E-state index < -0.39 is 0 Å². The number of methoxy groups -OCH3 is 2. The smallest absolute Gasteiger partial charge is 0.333 e. The first-order valence-electron chi connectivity index (χ1n) is 11.4. The molecule has 0 heterocycles. The molecule has 5 nitrogen and oxygen atoms in total.